The van der Waals surface area contributed by atoms with Gasteiger partial charge >= 0.3 is 5.69 Å². The number of amides is 1. The minimum absolute atomic E-state index is 0.0813. The van der Waals surface area contributed by atoms with E-state index in [0.717, 1.165) is 12.8 Å². The number of para-hydroxylation sites is 1. The smallest absolute Gasteiger partial charge is 0.300 e. The summed E-state index contributed by atoms with van der Waals surface area (Å²) in [5.41, 5.74) is -1.41. The van der Waals surface area contributed by atoms with Crippen LogP contribution in [-0.2, 0) is 0 Å². The first-order valence-electron chi connectivity index (χ1n) is 6.36. The van der Waals surface area contributed by atoms with Crippen molar-refractivity contribution in [3.05, 3.63) is 38.9 Å². The van der Waals surface area contributed by atoms with E-state index in [0.29, 0.717) is 12.8 Å². The number of rotatable bonds is 4. The van der Waals surface area contributed by atoms with Gasteiger partial charge < -0.3 is 10.4 Å². The Kier molecular flexibility index (Phi) is 4.25. The molecule has 0 aliphatic heterocycles. The quantitative estimate of drug-likeness (QED) is 0.659. The normalized spacial score (nSPS) is 16.9. The van der Waals surface area contributed by atoms with Gasteiger partial charge in [0.15, 0.2) is 0 Å². The SMILES string of the molecule is O=C(NCC1(O)CCCC1)c1cccc(Cl)c1[N+](=O)[O-]. The fourth-order valence-corrected chi connectivity index (χ4v) is 2.68. The molecule has 1 amide bonds. The van der Waals surface area contributed by atoms with Crippen molar-refractivity contribution in [2.75, 3.05) is 6.54 Å². The van der Waals surface area contributed by atoms with Crippen molar-refractivity contribution in [3.63, 3.8) is 0 Å². The molecule has 2 rings (SSSR count). The molecular weight excluding hydrogens is 284 g/mol. The van der Waals surface area contributed by atoms with Crippen molar-refractivity contribution in [1.29, 1.82) is 0 Å². The van der Waals surface area contributed by atoms with Gasteiger partial charge in [0.2, 0.25) is 0 Å². The molecule has 0 radical (unpaired) electrons. The van der Waals surface area contributed by atoms with Crippen LogP contribution in [0.15, 0.2) is 18.2 Å². The number of carbonyl (C=O) groups is 1. The second-order valence-electron chi connectivity index (χ2n) is 5.01. The topological polar surface area (TPSA) is 92.5 Å². The van der Waals surface area contributed by atoms with Gasteiger partial charge in [-0.2, -0.15) is 0 Å². The average molecular weight is 299 g/mol. The Morgan fingerprint density at radius 2 is 2.10 bits per heavy atom. The van der Waals surface area contributed by atoms with Crippen LogP contribution in [0.1, 0.15) is 36.0 Å². The monoisotopic (exact) mass is 298 g/mol. The molecule has 1 fully saturated rings. The van der Waals surface area contributed by atoms with Gasteiger partial charge in [-0.25, -0.2) is 0 Å². The second-order valence-corrected chi connectivity index (χ2v) is 5.41. The van der Waals surface area contributed by atoms with Crippen LogP contribution in [0.3, 0.4) is 0 Å². The van der Waals surface area contributed by atoms with E-state index in [1.807, 2.05) is 0 Å². The number of nitrogens with one attached hydrogen (secondary N) is 1. The summed E-state index contributed by atoms with van der Waals surface area (Å²) in [6, 6.07) is 4.19. The fourth-order valence-electron chi connectivity index (χ4n) is 2.43. The van der Waals surface area contributed by atoms with Crippen molar-refractivity contribution in [1.82, 2.24) is 5.32 Å². The highest BCUT2D eigenvalue weighted by Gasteiger charge is 2.32. The van der Waals surface area contributed by atoms with E-state index in [1.165, 1.54) is 18.2 Å². The van der Waals surface area contributed by atoms with E-state index in [-0.39, 0.29) is 17.1 Å². The van der Waals surface area contributed by atoms with Crippen molar-refractivity contribution in [2.45, 2.75) is 31.3 Å². The molecule has 2 N–H and O–H groups in total. The zero-order valence-electron chi connectivity index (χ0n) is 10.8. The molecule has 1 aromatic rings. The van der Waals surface area contributed by atoms with Gasteiger partial charge in [-0.1, -0.05) is 30.5 Å². The highest BCUT2D eigenvalue weighted by Crippen LogP contribution is 2.30. The number of nitrogens with zero attached hydrogens (tertiary/aromatic N) is 1. The fraction of sp³-hybridized carbons (Fsp3) is 0.462. The maximum Gasteiger partial charge on any atom is 0.300 e. The van der Waals surface area contributed by atoms with Gasteiger partial charge in [0.25, 0.3) is 5.91 Å². The van der Waals surface area contributed by atoms with Gasteiger partial charge in [-0.15, -0.1) is 0 Å². The van der Waals surface area contributed by atoms with Crippen molar-refractivity contribution < 1.29 is 14.8 Å². The Bertz CT molecular complexity index is 541. The number of carbonyl (C=O) groups excluding carboxylic acids is 1. The molecule has 20 heavy (non-hydrogen) atoms. The minimum atomic E-state index is -0.900. The maximum atomic E-state index is 12.0. The first kappa shape index (κ1) is 14.7. The van der Waals surface area contributed by atoms with E-state index in [2.05, 4.69) is 5.32 Å². The molecule has 0 heterocycles. The van der Waals surface area contributed by atoms with Gasteiger partial charge in [-0.05, 0) is 25.0 Å². The van der Waals surface area contributed by atoms with E-state index in [1.54, 1.807) is 0 Å². The molecule has 7 heteroatoms. The Hall–Kier alpha value is -1.66. The van der Waals surface area contributed by atoms with Crippen LogP contribution >= 0.6 is 11.6 Å². The molecule has 0 unspecified atom stereocenters. The molecule has 1 aliphatic carbocycles. The summed E-state index contributed by atoms with van der Waals surface area (Å²) < 4.78 is 0. The standard InChI is InChI=1S/C13H15ClN2O4/c14-10-5-3-4-9(11(10)16(19)20)12(17)15-8-13(18)6-1-2-7-13/h3-5,18H,1-2,6-8H2,(H,15,17). The minimum Gasteiger partial charge on any atom is -0.388 e. The largest absolute Gasteiger partial charge is 0.388 e. The van der Waals surface area contributed by atoms with Crippen LogP contribution in [0.2, 0.25) is 5.02 Å². The Labute approximate surface area is 120 Å². The number of hydrogen-bond acceptors (Lipinski definition) is 4. The molecule has 0 bridgehead atoms. The van der Waals surface area contributed by atoms with Gasteiger partial charge in [0.1, 0.15) is 10.6 Å². The Morgan fingerprint density at radius 3 is 2.70 bits per heavy atom. The highest BCUT2D eigenvalue weighted by atomic mass is 35.5. The lowest BCUT2D eigenvalue weighted by molar-refractivity contribution is -0.385. The Balaban J connectivity index is 2.13. The van der Waals surface area contributed by atoms with Crippen LogP contribution in [0.5, 0.6) is 0 Å². The number of hydrogen-bond donors (Lipinski definition) is 2. The maximum absolute atomic E-state index is 12.0. The summed E-state index contributed by atoms with van der Waals surface area (Å²) in [5, 5.41) is 23.6. The van der Waals surface area contributed by atoms with Crippen LogP contribution < -0.4 is 5.32 Å². The van der Waals surface area contributed by atoms with Crippen LogP contribution in [-0.4, -0.2) is 28.1 Å². The zero-order valence-corrected chi connectivity index (χ0v) is 11.5. The lowest BCUT2D eigenvalue weighted by atomic mass is 10.0. The van der Waals surface area contributed by atoms with Crippen LogP contribution in [0.25, 0.3) is 0 Å². The number of halogens is 1. The molecular formula is C13H15ClN2O4. The average Bonchev–Trinajstić information content (AvgIpc) is 2.82. The van der Waals surface area contributed by atoms with Crippen molar-refractivity contribution >= 4 is 23.2 Å². The number of aliphatic hydroxyl groups is 1. The van der Waals surface area contributed by atoms with E-state index >= 15 is 0 Å². The molecule has 0 spiro atoms. The zero-order chi connectivity index (χ0) is 14.8. The van der Waals surface area contributed by atoms with Crippen molar-refractivity contribution in [2.24, 2.45) is 0 Å². The number of nitro benzene ring substituents is 1. The van der Waals surface area contributed by atoms with E-state index < -0.39 is 22.1 Å². The first-order chi connectivity index (χ1) is 9.43. The van der Waals surface area contributed by atoms with Crippen LogP contribution in [0.4, 0.5) is 5.69 Å². The summed E-state index contributed by atoms with van der Waals surface area (Å²) in [7, 11) is 0. The lowest BCUT2D eigenvalue weighted by Gasteiger charge is -2.22. The number of benzene rings is 1. The predicted molar refractivity (Wildman–Crippen MR) is 73.9 cm³/mol. The van der Waals surface area contributed by atoms with Crippen molar-refractivity contribution in [3.8, 4) is 0 Å². The molecule has 1 aliphatic rings. The molecule has 6 nitrogen and oxygen atoms in total. The van der Waals surface area contributed by atoms with E-state index in [4.69, 9.17) is 11.6 Å². The van der Waals surface area contributed by atoms with Gasteiger partial charge in [0.05, 0.1) is 10.5 Å². The summed E-state index contributed by atoms with van der Waals surface area (Å²) in [6.45, 7) is 0.0928. The molecule has 108 valence electrons. The van der Waals surface area contributed by atoms with Gasteiger partial charge in [0, 0.05) is 6.54 Å². The number of nitro groups is 1. The summed E-state index contributed by atoms with van der Waals surface area (Å²) in [5.74, 6) is -0.598. The second kappa shape index (κ2) is 5.76. The summed E-state index contributed by atoms with van der Waals surface area (Å²) in [6.07, 6.45) is 3.10. The van der Waals surface area contributed by atoms with Gasteiger partial charge in [-0.3, -0.25) is 14.9 Å². The Morgan fingerprint density at radius 1 is 1.45 bits per heavy atom. The molecule has 0 aromatic heterocycles. The molecule has 1 saturated carbocycles. The van der Waals surface area contributed by atoms with Crippen LogP contribution in [0, 0.1) is 10.1 Å². The first-order valence-corrected chi connectivity index (χ1v) is 6.74. The predicted octanol–water partition coefficient (Wildman–Crippen LogP) is 2.28. The molecule has 0 saturated heterocycles. The lowest BCUT2D eigenvalue weighted by Crippen LogP contribution is -2.40. The van der Waals surface area contributed by atoms with E-state index in [9.17, 15) is 20.0 Å². The molecule has 0 atom stereocenters. The highest BCUT2D eigenvalue weighted by molar-refractivity contribution is 6.33. The summed E-state index contributed by atoms with van der Waals surface area (Å²) in [4.78, 5) is 22.3. The summed E-state index contributed by atoms with van der Waals surface area (Å²) >= 11 is 5.75. The third kappa shape index (κ3) is 3.08. The molecule has 1 aromatic carbocycles. The third-order valence-corrected chi connectivity index (χ3v) is 3.83. The third-order valence-electron chi connectivity index (χ3n) is 3.53.